The van der Waals surface area contributed by atoms with Gasteiger partial charge in [0.1, 0.15) is 0 Å². The van der Waals surface area contributed by atoms with E-state index in [0.29, 0.717) is 5.41 Å². The first-order chi connectivity index (χ1) is 28.4. The first-order valence-corrected chi connectivity index (χ1v) is 23.5. The van der Waals surface area contributed by atoms with Gasteiger partial charge in [0.2, 0.25) is 0 Å². The second-order valence-electron chi connectivity index (χ2n) is 21.6. The van der Waals surface area contributed by atoms with Crippen molar-refractivity contribution < 1.29 is 0 Å². The Morgan fingerprint density at radius 2 is 1.15 bits per heavy atom. The third-order valence-corrected chi connectivity index (χ3v) is 19.0. The van der Waals surface area contributed by atoms with E-state index in [0.717, 1.165) is 23.7 Å². The van der Waals surface area contributed by atoms with Crippen LogP contribution in [0, 0.1) is 29.1 Å². The van der Waals surface area contributed by atoms with Gasteiger partial charge in [-0.25, -0.2) is 0 Å². The number of anilines is 3. The molecule has 1 nitrogen and oxygen atoms in total. The maximum atomic E-state index is 2.69. The average Bonchev–Trinajstić information content (AvgIpc) is 3.85. The van der Waals surface area contributed by atoms with Crippen molar-refractivity contribution in [2.24, 2.45) is 29.1 Å². The fraction of sp³-hybridized carbons (Fsp3) is 0.368. The Labute approximate surface area is 355 Å². The molecule has 13 rings (SSSR count). The highest BCUT2D eigenvalue weighted by Gasteiger charge is 2.84. The van der Waals surface area contributed by atoms with Gasteiger partial charge in [0, 0.05) is 37.6 Å². The van der Waals surface area contributed by atoms with Crippen LogP contribution in [0.2, 0.25) is 0 Å². The number of hydrogen-bond donors (Lipinski definition) is 0. The number of hydrogen-bond acceptors (Lipinski definition) is 2. The minimum absolute atomic E-state index is 0.0902. The smallest absolute Gasteiger partial charge is 0.0540 e. The maximum absolute atomic E-state index is 2.69. The molecule has 1 heterocycles. The van der Waals surface area contributed by atoms with Gasteiger partial charge in [-0.05, 0) is 171 Å². The van der Waals surface area contributed by atoms with Gasteiger partial charge in [0.05, 0.1) is 5.69 Å². The molecule has 2 bridgehead atoms. The Hall–Kier alpha value is -4.53. The zero-order valence-corrected chi connectivity index (χ0v) is 36.3. The molecule has 6 unspecified atom stereocenters. The quantitative estimate of drug-likeness (QED) is 0.175. The van der Waals surface area contributed by atoms with Crippen molar-refractivity contribution in [3.63, 3.8) is 0 Å². The third kappa shape index (κ3) is 4.30. The van der Waals surface area contributed by atoms with E-state index in [1.54, 1.807) is 11.1 Å². The molecule has 6 atom stereocenters. The molecule has 6 aromatic carbocycles. The molecule has 7 aliphatic rings. The third-order valence-electron chi connectivity index (χ3n) is 17.9. The maximum Gasteiger partial charge on any atom is 0.0540 e. The summed E-state index contributed by atoms with van der Waals surface area (Å²) in [5.41, 5.74) is 19.2. The Morgan fingerprint density at radius 1 is 0.508 bits per heavy atom. The molecule has 6 aliphatic carbocycles. The fourth-order valence-electron chi connectivity index (χ4n) is 15.1. The topological polar surface area (TPSA) is 3.24 Å². The summed E-state index contributed by atoms with van der Waals surface area (Å²) in [6.07, 6.45) is 8.23. The van der Waals surface area contributed by atoms with E-state index in [2.05, 4.69) is 174 Å². The van der Waals surface area contributed by atoms with E-state index in [4.69, 9.17) is 0 Å². The molecular formula is C57H55NS. The van der Waals surface area contributed by atoms with Crippen molar-refractivity contribution in [3.05, 3.63) is 161 Å². The van der Waals surface area contributed by atoms with E-state index in [1.807, 2.05) is 11.8 Å². The van der Waals surface area contributed by atoms with Crippen molar-refractivity contribution in [1.29, 1.82) is 0 Å². The van der Waals surface area contributed by atoms with Crippen LogP contribution in [0.15, 0.2) is 137 Å². The fourth-order valence-corrected chi connectivity index (χ4v) is 16.3. The number of nitrogens with zero attached hydrogens (tertiary/aromatic N) is 1. The highest BCUT2D eigenvalue weighted by molar-refractivity contribution is 7.99. The predicted octanol–water partition coefficient (Wildman–Crippen LogP) is 15.3. The highest BCUT2D eigenvalue weighted by atomic mass is 32.2. The van der Waals surface area contributed by atoms with Crippen molar-refractivity contribution in [1.82, 2.24) is 0 Å². The molecular weight excluding hydrogens is 731 g/mol. The Morgan fingerprint density at radius 3 is 1.97 bits per heavy atom. The van der Waals surface area contributed by atoms with Crippen LogP contribution in [0.3, 0.4) is 0 Å². The first kappa shape index (κ1) is 35.2. The minimum Gasteiger partial charge on any atom is -0.310 e. The molecule has 0 radical (unpaired) electrons. The number of benzene rings is 6. The SMILES string of the molecule is CC1(C)CCC(C)(C)c2cc(-c3ccccc3N(c3ccc4c(c3)C(C)(C)c3ccccc3-4)c3ccc4c(c3)C3(c5ccccc5S4)C4CC5CC6CC3C64C5)ccc21. The van der Waals surface area contributed by atoms with Crippen LogP contribution in [0.1, 0.15) is 113 Å². The molecule has 0 N–H and O–H groups in total. The Kier molecular flexibility index (Phi) is 6.83. The average molecular weight is 786 g/mol. The summed E-state index contributed by atoms with van der Waals surface area (Å²) < 4.78 is 0. The van der Waals surface area contributed by atoms with Gasteiger partial charge in [-0.2, -0.15) is 0 Å². The van der Waals surface area contributed by atoms with Crippen LogP contribution in [-0.4, -0.2) is 0 Å². The lowest BCUT2D eigenvalue weighted by molar-refractivity contribution is -0.235. The van der Waals surface area contributed by atoms with Crippen LogP contribution in [0.25, 0.3) is 22.3 Å². The standard InChI is InChI=1S/C57H55NS/c1-53(2)25-26-54(3,4)46-29-35(19-23-43(46)53)39-13-8-11-17-48(39)58(37-20-22-41-40-14-7-9-15-42(40)55(5,6)45(41)31-37)38-21-24-50-47(32-38)57(44-16-10-12-18-49(44)59-50)51-28-34-27-36-30-52(57)56(36,51)33-34/h7-24,29,31-32,34,36,51-52H,25-28,30,33H2,1-6H3. The van der Waals surface area contributed by atoms with E-state index < -0.39 is 0 Å². The Balaban J connectivity index is 1.03. The summed E-state index contributed by atoms with van der Waals surface area (Å²) in [5, 5.41) is 0. The molecule has 0 aromatic heterocycles. The molecule has 1 aliphatic heterocycles. The summed E-state index contributed by atoms with van der Waals surface area (Å²) in [5.74, 6) is 3.41. The van der Waals surface area contributed by atoms with Crippen LogP contribution in [-0.2, 0) is 21.7 Å². The number of fused-ring (bicyclic) bond motifs is 11. The van der Waals surface area contributed by atoms with Crippen molar-refractivity contribution in [3.8, 4) is 22.3 Å². The summed E-state index contributed by atoms with van der Waals surface area (Å²) in [6.45, 7) is 14.6. The molecule has 6 aromatic rings. The zero-order valence-electron chi connectivity index (χ0n) is 35.5. The van der Waals surface area contributed by atoms with Gasteiger partial charge >= 0.3 is 0 Å². The van der Waals surface area contributed by atoms with Gasteiger partial charge in [0.15, 0.2) is 0 Å². The first-order valence-electron chi connectivity index (χ1n) is 22.6. The molecule has 59 heavy (non-hydrogen) atoms. The Bertz CT molecular complexity index is 2800. The van der Waals surface area contributed by atoms with Gasteiger partial charge in [-0.1, -0.05) is 138 Å². The van der Waals surface area contributed by atoms with Crippen LogP contribution >= 0.6 is 11.8 Å². The van der Waals surface area contributed by atoms with Crippen molar-refractivity contribution in [2.75, 3.05) is 4.90 Å². The normalized spacial score (nSPS) is 29.6. The molecule has 4 fully saturated rings. The zero-order chi connectivity index (χ0) is 39.8. The summed E-state index contributed by atoms with van der Waals surface area (Å²) in [7, 11) is 0. The van der Waals surface area contributed by atoms with Crippen molar-refractivity contribution in [2.45, 2.75) is 112 Å². The summed E-state index contributed by atoms with van der Waals surface area (Å²) in [4.78, 5) is 5.61. The van der Waals surface area contributed by atoms with Gasteiger partial charge in [-0.15, -0.1) is 0 Å². The molecule has 2 spiro atoms. The second-order valence-corrected chi connectivity index (χ2v) is 22.7. The predicted molar refractivity (Wildman–Crippen MR) is 246 cm³/mol. The number of para-hydroxylation sites is 1. The molecule has 294 valence electrons. The van der Waals surface area contributed by atoms with Crippen LogP contribution in [0.4, 0.5) is 17.1 Å². The highest BCUT2D eigenvalue weighted by Crippen LogP contribution is 2.89. The minimum atomic E-state index is -0.0902. The van der Waals surface area contributed by atoms with Crippen LogP contribution < -0.4 is 4.90 Å². The van der Waals surface area contributed by atoms with Gasteiger partial charge in [0.25, 0.3) is 0 Å². The lowest BCUT2D eigenvalue weighted by Gasteiger charge is -2.78. The van der Waals surface area contributed by atoms with E-state index in [9.17, 15) is 0 Å². The second kappa shape index (κ2) is 11.4. The summed E-state index contributed by atoms with van der Waals surface area (Å²) >= 11 is 2.02. The van der Waals surface area contributed by atoms with E-state index >= 15 is 0 Å². The lowest BCUT2D eigenvalue weighted by Crippen LogP contribution is -2.74. The monoisotopic (exact) mass is 785 g/mol. The van der Waals surface area contributed by atoms with Crippen LogP contribution in [0.5, 0.6) is 0 Å². The number of rotatable bonds is 4. The summed E-state index contributed by atoms with van der Waals surface area (Å²) in [6, 6.07) is 50.4. The largest absolute Gasteiger partial charge is 0.310 e. The van der Waals surface area contributed by atoms with Gasteiger partial charge in [-0.3, -0.25) is 0 Å². The van der Waals surface area contributed by atoms with Gasteiger partial charge < -0.3 is 4.90 Å². The van der Waals surface area contributed by atoms with Crippen molar-refractivity contribution >= 4 is 28.8 Å². The molecule has 0 amide bonds. The van der Waals surface area contributed by atoms with E-state index in [1.165, 1.54) is 110 Å². The molecule has 0 saturated heterocycles. The van der Waals surface area contributed by atoms with E-state index in [-0.39, 0.29) is 21.7 Å². The molecule has 4 saturated carbocycles. The molecule has 2 heteroatoms. The lowest BCUT2D eigenvalue weighted by atomic mass is 9.26.